The Hall–Kier alpha value is -0.870. The van der Waals surface area contributed by atoms with Crippen molar-refractivity contribution >= 4 is 0 Å². The summed E-state index contributed by atoms with van der Waals surface area (Å²) in [7, 11) is 0. The van der Waals surface area contributed by atoms with Gasteiger partial charge in [0, 0.05) is 31.1 Å². The molecule has 2 rings (SSSR count). The van der Waals surface area contributed by atoms with Gasteiger partial charge < -0.3 is 15.0 Å². The Bertz CT molecular complexity index is 229. The molecule has 1 unspecified atom stereocenters. The lowest BCUT2D eigenvalue weighted by atomic mass is 10.1. The number of H-pyrrole nitrogens is 1. The molecule has 72 valence electrons. The quantitative estimate of drug-likeness (QED) is 0.721. The summed E-state index contributed by atoms with van der Waals surface area (Å²) in [6.07, 6.45) is 5.93. The third-order valence-electron chi connectivity index (χ3n) is 2.30. The Morgan fingerprint density at radius 1 is 1.69 bits per heavy atom. The predicted octanol–water partition coefficient (Wildman–Crippen LogP) is 0.678. The Kier molecular flexibility index (Phi) is 2.94. The lowest BCUT2D eigenvalue weighted by Gasteiger charge is -2.22. The SMILES string of the molecule is c1ncc(CNC2CCCOC2)[nH]1. The Morgan fingerprint density at radius 2 is 2.69 bits per heavy atom. The van der Waals surface area contributed by atoms with Gasteiger partial charge in [-0.3, -0.25) is 0 Å². The number of nitrogens with zero attached hydrogens (tertiary/aromatic N) is 1. The van der Waals surface area contributed by atoms with Gasteiger partial charge in [-0.15, -0.1) is 0 Å². The Morgan fingerprint density at radius 3 is 3.38 bits per heavy atom. The van der Waals surface area contributed by atoms with Gasteiger partial charge in [-0.25, -0.2) is 4.98 Å². The second kappa shape index (κ2) is 4.39. The van der Waals surface area contributed by atoms with Crippen LogP contribution in [0.15, 0.2) is 12.5 Å². The van der Waals surface area contributed by atoms with Crippen LogP contribution >= 0.6 is 0 Å². The van der Waals surface area contributed by atoms with Crippen molar-refractivity contribution in [3.05, 3.63) is 18.2 Å². The van der Waals surface area contributed by atoms with Crippen molar-refractivity contribution in [2.45, 2.75) is 25.4 Å². The van der Waals surface area contributed by atoms with Crippen molar-refractivity contribution in [1.29, 1.82) is 0 Å². The number of aromatic nitrogens is 2. The molecule has 2 N–H and O–H groups in total. The van der Waals surface area contributed by atoms with E-state index >= 15 is 0 Å². The van der Waals surface area contributed by atoms with Crippen molar-refractivity contribution in [2.75, 3.05) is 13.2 Å². The van der Waals surface area contributed by atoms with Crippen molar-refractivity contribution in [3.63, 3.8) is 0 Å². The van der Waals surface area contributed by atoms with Crippen LogP contribution in [0.3, 0.4) is 0 Å². The van der Waals surface area contributed by atoms with Gasteiger partial charge in [0.15, 0.2) is 0 Å². The van der Waals surface area contributed by atoms with Crippen molar-refractivity contribution in [2.24, 2.45) is 0 Å². The fourth-order valence-electron chi connectivity index (χ4n) is 1.54. The second-order valence-electron chi connectivity index (χ2n) is 3.37. The number of nitrogens with one attached hydrogen (secondary N) is 2. The van der Waals surface area contributed by atoms with E-state index in [-0.39, 0.29) is 0 Å². The third-order valence-corrected chi connectivity index (χ3v) is 2.30. The molecule has 1 fully saturated rings. The highest BCUT2D eigenvalue weighted by Crippen LogP contribution is 2.06. The smallest absolute Gasteiger partial charge is 0.0922 e. The van der Waals surface area contributed by atoms with Crippen LogP contribution in [-0.4, -0.2) is 29.2 Å². The van der Waals surface area contributed by atoms with Crippen LogP contribution in [0.1, 0.15) is 18.5 Å². The van der Waals surface area contributed by atoms with E-state index in [0.717, 1.165) is 25.5 Å². The molecule has 13 heavy (non-hydrogen) atoms. The topological polar surface area (TPSA) is 49.9 Å². The zero-order valence-electron chi connectivity index (χ0n) is 7.62. The standard InChI is InChI=1S/C9H15N3O/c1-2-8(6-13-3-1)11-5-9-4-10-7-12-9/h4,7-8,11H,1-3,5-6H2,(H,10,12). The van der Waals surface area contributed by atoms with Crippen molar-refractivity contribution < 1.29 is 4.74 Å². The maximum absolute atomic E-state index is 5.36. The van der Waals surface area contributed by atoms with Gasteiger partial charge >= 0.3 is 0 Å². The summed E-state index contributed by atoms with van der Waals surface area (Å²) in [5.41, 5.74) is 1.13. The molecular formula is C9H15N3O. The van der Waals surface area contributed by atoms with E-state index in [2.05, 4.69) is 15.3 Å². The molecule has 4 nitrogen and oxygen atoms in total. The van der Waals surface area contributed by atoms with E-state index in [9.17, 15) is 0 Å². The fourth-order valence-corrected chi connectivity index (χ4v) is 1.54. The van der Waals surface area contributed by atoms with Gasteiger partial charge in [-0.1, -0.05) is 0 Å². The van der Waals surface area contributed by atoms with Crippen LogP contribution < -0.4 is 5.32 Å². The van der Waals surface area contributed by atoms with E-state index < -0.39 is 0 Å². The molecular weight excluding hydrogens is 166 g/mol. The van der Waals surface area contributed by atoms with Gasteiger partial charge in [-0.2, -0.15) is 0 Å². The summed E-state index contributed by atoms with van der Waals surface area (Å²) in [5.74, 6) is 0. The fraction of sp³-hybridized carbons (Fsp3) is 0.667. The molecule has 1 saturated heterocycles. The molecule has 0 radical (unpaired) electrons. The summed E-state index contributed by atoms with van der Waals surface area (Å²) in [5, 5.41) is 3.43. The largest absolute Gasteiger partial charge is 0.380 e. The van der Waals surface area contributed by atoms with E-state index in [1.807, 2.05) is 6.20 Å². The van der Waals surface area contributed by atoms with E-state index in [1.165, 1.54) is 12.8 Å². The summed E-state index contributed by atoms with van der Waals surface area (Å²) in [4.78, 5) is 7.02. The van der Waals surface area contributed by atoms with Gasteiger partial charge in [0.2, 0.25) is 0 Å². The first kappa shape index (κ1) is 8.72. The summed E-state index contributed by atoms with van der Waals surface area (Å²) in [6, 6.07) is 0.511. The van der Waals surface area contributed by atoms with Gasteiger partial charge in [0.1, 0.15) is 0 Å². The molecule has 1 atom stereocenters. The normalized spacial score (nSPS) is 23.2. The van der Waals surface area contributed by atoms with Crippen LogP contribution in [0.2, 0.25) is 0 Å². The van der Waals surface area contributed by atoms with Crippen LogP contribution in [0.4, 0.5) is 0 Å². The Balaban J connectivity index is 1.72. The molecule has 0 aliphatic carbocycles. The van der Waals surface area contributed by atoms with Crippen LogP contribution in [0.5, 0.6) is 0 Å². The molecule has 1 aromatic heterocycles. The third kappa shape index (κ3) is 2.54. The maximum atomic E-state index is 5.36. The maximum Gasteiger partial charge on any atom is 0.0922 e. The highest BCUT2D eigenvalue weighted by Gasteiger charge is 2.12. The lowest BCUT2D eigenvalue weighted by Crippen LogP contribution is -2.36. The monoisotopic (exact) mass is 181 g/mol. The number of imidazole rings is 1. The lowest BCUT2D eigenvalue weighted by molar-refractivity contribution is 0.0698. The molecule has 0 bridgehead atoms. The number of aromatic amines is 1. The summed E-state index contributed by atoms with van der Waals surface area (Å²) >= 11 is 0. The number of rotatable bonds is 3. The van der Waals surface area contributed by atoms with Crippen molar-refractivity contribution in [3.8, 4) is 0 Å². The first-order valence-electron chi connectivity index (χ1n) is 4.73. The summed E-state index contributed by atoms with van der Waals surface area (Å²) in [6.45, 7) is 2.62. The first-order chi connectivity index (χ1) is 6.45. The molecule has 0 amide bonds. The average molecular weight is 181 g/mol. The minimum atomic E-state index is 0.511. The number of ether oxygens (including phenoxy) is 1. The van der Waals surface area contributed by atoms with E-state index in [4.69, 9.17) is 4.74 Å². The van der Waals surface area contributed by atoms with Gasteiger partial charge in [-0.05, 0) is 12.8 Å². The minimum Gasteiger partial charge on any atom is -0.380 e. The molecule has 2 heterocycles. The zero-order valence-corrected chi connectivity index (χ0v) is 7.62. The van der Waals surface area contributed by atoms with Crippen LogP contribution in [-0.2, 0) is 11.3 Å². The molecule has 0 aromatic carbocycles. The first-order valence-corrected chi connectivity index (χ1v) is 4.73. The zero-order chi connectivity index (χ0) is 8.93. The molecule has 1 aromatic rings. The minimum absolute atomic E-state index is 0.511. The molecule has 4 heteroatoms. The Labute approximate surface area is 77.7 Å². The highest BCUT2D eigenvalue weighted by atomic mass is 16.5. The second-order valence-corrected chi connectivity index (χ2v) is 3.37. The van der Waals surface area contributed by atoms with Crippen LogP contribution in [0.25, 0.3) is 0 Å². The van der Waals surface area contributed by atoms with Gasteiger partial charge in [0.05, 0.1) is 12.9 Å². The highest BCUT2D eigenvalue weighted by molar-refractivity contribution is 4.93. The molecule has 0 saturated carbocycles. The number of hydrogen-bond acceptors (Lipinski definition) is 3. The van der Waals surface area contributed by atoms with E-state index in [0.29, 0.717) is 6.04 Å². The molecule has 1 aliphatic rings. The van der Waals surface area contributed by atoms with E-state index in [1.54, 1.807) is 6.33 Å². The van der Waals surface area contributed by atoms with Gasteiger partial charge in [0.25, 0.3) is 0 Å². The van der Waals surface area contributed by atoms with Crippen LogP contribution in [0, 0.1) is 0 Å². The van der Waals surface area contributed by atoms with Crippen molar-refractivity contribution in [1.82, 2.24) is 15.3 Å². The number of hydrogen-bond donors (Lipinski definition) is 2. The molecule has 1 aliphatic heterocycles. The average Bonchev–Trinajstić information content (AvgIpc) is 2.69. The molecule has 0 spiro atoms. The predicted molar refractivity (Wildman–Crippen MR) is 49.3 cm³/mol. The summed E-state index contributed by atoms with van der Waals surface area (Å²) < 4.78 is 5.36.